The molecule has 10 heteroatoms. The van der Waals surface area contributed by atoms with Gasteiger partial charge in [-0.05, 0) is 35.8 Å². The Balaban J connectivity index is 0.000000743. The zero-order valence-corrected chi connectivity index (χ0v) is 23.2. The van der Waals surface area contributed by atoms with Crippen LogP contribution in [0.3, 0.4) is 0 Å². The summed E-state index contributed by atoms with van der Waals surface area (Å²) in [6.45, 7) is 7.89. The topological polar surface area (TPSA) is 142 Å². The van der Waals surface area contributed by atoms with Crippen LogP contribution in [-0.4, -0.2) is 58.4 Å². The molecule has 0 fully saturated rings. The third-order valence-corrected chi connectivity index (χ3v) is 5.45. The first-order valence-electron chi connectivity index (χ1n) is 12.8. The lowest BCUT2D eigenvalue weighted by molar-refractivity contribution is -0.143. The van der Waals surface area contributed by atoms with Gasteiger partial charge in [0.15, 0.2) is 0 Å². The number of amides is 2. The summed E-state index contributed by atoms with van der Waals surface area (Å²) in [5.41, 5.74) is 1.72. The summed E-state index contributed by atoms with van der Waals surface area (Å²) in [5, 5.41) is 20.5. The summed E-state index contributed by atoms with van der Waals surface area (Å²) >= 11 is 0. The molecule has 0 aliphatic rings. The van der Waals surface area contributed by atoms with Crippen molar-refractivity contribution in [2.45, 2.75) is 65.8 Å². The maximum Gasteiger partial charge on any atom is 0.410 e. The molecule has 3 N–H and O–H groups in total. The second-order valence-electron chi connectivity index (χ2n) is 9.86. The summed E-state index contributed by atoms with van der Waals surface area (Å²) < 4.78 is 10.1. The Labute approximate surface area is 231 Å². The standard InChI is InChI=1S/C15H21NO4.C14H19NO4.H2/c1-11(2)9-13(14(17)18)16(3)15(19)20-10-12-7-5-4-6-8-12;1-10(2)8-12(13(16)17)15-14(18)19-9-11-6-4-3-5-7-11;/h4-8,11,13H,9-10H2,1-3H3,(H,17,18);3-7,10,12H,8-9H2,1-2H3,(H,15,18)(H,16,17);1H/t13-;12-;/m11./s1. The van der Waals surface area contributed by atoms with E-state index in [9.17, 15) is 24.3 Å². The number of carboxylic acids is 2. The van der Waals surface area contributed by atoms with Crippen LogP contribution < -0.4 is 5.32 Å². The van der Waals surface area contributed by atoms with Gasteiger partial charge in [-0.25, -0.2) is 19.2 Å². The number of nitrogens with one attached hydrogen (secondary N) is 1. The fourth-order valence-corrected chi connectivity index (χ4v) is 3.42. The number of nitrogens with zero attached hydrogens (tertiary/aromatic N) is 1. The third-order valence-electron chi connectivity index (χ3n) is 5.45. The predicted octanol–water partition coefficient (Wildman–Crippen LogP) is 5.41. The van der Waals surface area contributed by atoms with E-state index in [1.54, 1.807) is 0 Å². The molecule has 0 spiro atoms. The second-order valence-corrected chi connectivity index (χ2v) is 9.86. The van der Waals surface area contributed by atoms with Crippen LogP contribution in [0.5, 0.6) is 0 Å². The number of hydrogen-bond donors (Lipinski definition) is 3. The Morgan fingerprint density at radius 1 is 0.769 bits per heavy atom. The smallest absolute Gasteiger partial charge is 0.410 e. The van der Waals surface area contributed by atoms with Gasteiger partial charge < -0.3 is 25.0 Å². The number of aliphatic carboxylic acids is 2. The Morgan fingerprint density at radius 3 is 1.64 bits per heavy atom. The highest BCUT2D eigenvalue weighted by Gasteiger charge is 2.28. The van der Waals surface area contributed by atoms with E-state index >= 15 is 0 Å². The van der Waals surface area contributed by atoms with Gasteiger partial charge in [0.05, 0.1) is 0 Å². The molecule has 0 heterocycles. The molecule has 0 aromatic heterocycles. The number of carboxylic acid groups (broad SMARTS) is 2. The number of benzene rings is 2. The van der Waals surface area contributed by atoms with Crippen molar-refractivity contribution in [3.8, 4) is 0 Å². The van der Waals surface area contributed by atoms with Crippen LogP contribution in [0.4, 0.5) is 9.59 Å². The lowest BCUT2D eigenvalue weighted by Gasteiger charge is -2.25. The fourth-order valence-electron chi connectivity index (χ4n) is 3.42. The average molecular weight is 547 g/mol. The minimum atomic E-state index is -1.05. The molecule has 2 rings (SSSR count). The zero-order chi connectivity index (χ0) is 29.4. The summed E-state index contributed by atoms with van der Waals surface area (Å²) in [4.78, 5) is 46.7. The molecular weight excluding hydrogens is 504 g/mol. The zero-order valence-electron chi connectivity index (χ0n) is 23.2. The van der Waals surface area contributed by atoms with E-state index in [0.29, 0.717) is 12.8 Å². The molecule has 0 saturated heterocycles. The van der Waals surface area contributed by atoms with Gasteiger partial charge >= 0.3 is 24.1 Å². The number of rotatable bonds is 12. The van der Waals surface area contributed by atoms with Gasteiger partial charge in [0.2, 0.25) is 0 Å². The van der Waals surface area contributed by atoms with Crippen LogP contribution in [-0.2, 0) is 32.3 Å². The first-order chi connectivity index (χ1) is 18.4. The molecule has 2 aromatic rings. The van der Waals surface area contributed by atoms with E-state index in [4.69, 9.17) is 14.6 Å². The van der Waals surface area contributed by atoms with Gasteiger partial charge in [0.25, 0.3) is 0 Å². The number of hydrogen-bond acceptors (Lipinski definition) is 6. The van der Waals surface area contributed by atoms with Crippen LogP contribution >= 0.6 is 0 Å². The van der Waals surface area contributed by atoms with Crippen molar-refractivity contribution >= 4 is 24.1 Å². The maximum absolute atomic E-state index is 11.9. The molecule has 39 heavy (non-hydrogen) atoms. The van der Waals surface area contributed by atoms with E-state index in [2.05, 4.69) is 5.32 Å². The number of likely N-dealkylation sites (N-methyl/N-ethyl adjacent to an activating group) is 1. The van der Waals surface area contributed by atoms with E-state index in [1.807, 2.05) is 88.4 Å². The SMILES string of the molecule is CC(C)C[C@@H](NC(=O)OCc1ccccc1)C(=O)O.CC(C)C[C@H](C(=O)O)N(C)C(=O)OCc1ccccc1.[HH]. The molecule has 0 aliphatic carbocycles. The van der Waals surface area contributed by atoms with Crippen molar-refractivity contribution in [1.29, 1.82) is 0 Å². The largest absolute Gasteiger partial charge is 0.480 e. The highest BCUT2D eigenvalue weighted by molar-refractivity contribution is 5.80. The van der Waals surface area contributed by atoms with Gasteiger partial charge in [-0.1, -0.05) is 88.4 Å². The number of ether oxygens (including phenoxy) is 2. The van der Waals surface area contributed by atoms with Crippen LogP contribution in [0.2, 0.25) is 0 Å². The van der Waals surface area contributed by atoms with E-state index in [-0.39, 0.29) is 26.5 Å². The fraction of sp³-hybridized carbons (Fsp3) is 0.448. The van der Waals surface area contributed by atoms with Crippen LogP contribution in [0.1, 0.15) is 53.1 Å². The quantitative estimate of drug-likeness (QED) is 0.321. The van der Waals surface area contributed by atoms with Crippen LogP contribution in [0.25, 0.3) is 0 Å². The van der Waals surface area contributed by atoms with Crippen molar-refractivity contribution in [1.82, 2.24) is 10.2 Å². The van der Waals surface area contributed by atoms with Gasteiger partial charge in [0.1, 0.15) is 25.3 Å². The summed E-state index contributed by atoms with van der Waals surface area (Å²) in [5.74, 6) is -1.71. The summed E-state index contributed by atoms with van der Waals surface area (Å²) in [6.07, 6.45) is -0.569. The number of carbonyl (C=O) groups is 4. The molecule has 0 unspecified atom stereocenters. The van der Waals surface area contributed by atoms with Gasteiger partial charge in [0, 0.05) is 8.47 Å². The van der Waals surface area contributed by atoms with E-state index in [1.165, 1.54) is 7.05 Å². The first kappa shape index (κ1) is 32.9. The van der Waals surface area contributed by atoms with Crippen molar-refractivity contribution < 1.29 is 40.3 Å². The van der Waals surface area contributed by atoms with Crippen molar-refractivity contribution in [3.05, 3.63) is 71.8 Å². The van der Waals surface area contributed by atoms with Gasteiger partial charge in [-0.15, -0.1) is 0 Å². The Bertz CT molecular complexity index is 1030. The Morgan fingerprint density at radius 2 is 1.23 bits per heavy atom. The highest BCUT2D eigenvalue weighted by Crippen LogP contribution is 2.13. The van der Waals surface area contributed by atoms with E-state index in [0.717, 1.165) is 16.0 Å². The number of alkyl carbamates (subject to hydrolysis) is 1. The predicted molar refractivity (Wildman–Crippen MR) is 148 cm³/mol. The highest BCUT2D eigenvalue weighted by atomic mass is 16.6. The second kappa shape index (κ2) is 17.4. The molecule has 0 saturated carbocycles. The normalized spacial score (nSPS) is 12.0. The monoisotopic (exact) mass is 546 g/mol. The Hall–Kier alpha value is -4.08. The molecule has 2 aromatic carbocycles. The average Bonchev–Trinajstić information content (AvgIpc) is 2.89. The van der Waals surface area contributed by atoms with Gasteiger partial charge in [-0.3, -0.25) is 4.90 Å². The first-order valence-corrected chi connectivity index (χ1v) is 12.8. The van der Waals surface area contributed by atoms with Crippen molar-refractivity contribution in [3.63, 3.8) is 0 Å². The lowest BCUT2D eigenvalue weighted by atomic mass is 10.0. The molecule has 216 valence electrons. The molecular formula is C29H42N2O8. The van der Waals surface area contributed by atoms with Gasteiger partial charge in [-0.2, -0.15) is 0 Å². The van der Waals surface area contributed by atoms with Crippen molar-refractivity contribution in [2.24, 2.45) is 11.8 Å². The molecule has 2 amide bonds. The maximum atomic E-state index is 11.9. The molecule has 0 bridgehead atoms. The van der Waals surface area contributed by atoms with Crippen LogP contribution in [0.15, 0.2) is 60.7 Å². The molecule has 0 aliphatic heterocycles. The minimum absolute atomic E-state index is 0. The minimum Gasteiger partial charge on any atom is -0.480 e. The molecule has 0 radical (unpaired) electrons. The summed E-state index contributed by atoms with van der Waals surface area (Å²) in [7, 11) is 1.45. The lowest BCUT2D eigenvalue weighted by Crippen LogP contribution is -2.43. The van der Waals surface area contributed by atoms with Crippen LogP contribution in [0, 0.1) is 11.8 Å². The third kappa shape index (κ3) is 13.9. The molecule has 10 nitrogen and oxygen atoms in total. The number of carbonyl (C=O) groups excluding carboxylic acids is 2. The molecule has 2 atom stereocenters. The van der Waals surface area contributed by atoms with E-state index < -0.39 is 36.2 Å². The van der Waals surface area contributed by atoms with Crippen molar-refractivity contribution in [2.75, 3.05) is 7.05 Å². The summed E-state index contributed by atoms with van der Waals surface area (Å²) in [6, 6.07) is 16.7. The Kier molecular flexibility index (Phi) is 14.7.